The van der Waals surface area contributed by atoms with Crippen molar-refractivity contribution in [3.05, 3.63) is 17.5 Å². The standard InChI is InChI=1S/C13H21N3O3/c1-5-19-12(18)10-6-14-13(15-9(10)4)16-11(7-17)8(2)3/h6,8,11,17H,5,7H2,1-4H3,(H,14,15,16)/t11-/m1/s1. The number of hydrogen-bond donors (Lipinski definition) is 2. The molecule has 2 N–H and O–H groups in total. The van der Waals surface area contributed by atoms with Crippen molar-refractivity contribution in [1.82, 2.24) is 9.97 Å². The number of nitrogens with one attached hydrogen (secondary N) is 1. The molecule has 1 aromatic rings. The Balaban J connectivity index is 2.84. The molecule has 1 atom stereocenters. The Morgan fingerprint density at radius 3 is 2.68 bits per heavy atom. The molecule has 6 heteroatoms. The fourth-order valence-electron chi connectivity index (χ4n) is 1.53. The normalized spacial score (nSPS) is 12.3. The minimum Gasteiger partial charge on any atom is -0.462 e. The van der Waals surface area contributed by atoms with E-state index in [0.29, 0.717) is 23.8 Å². The van der Waals surface area contributed by atoms with Crippen LogP contribution in [-0.2, 0) is 4.74 Å². The zero-order valence-corrected chi connectivity index (χ0v) is 11.8. The lowest BCUT2D eigenvalue weighted by atomic mass is 10.1. The van der Waals surface area contributed by atoms with Crippen molar-refractivity contribution in [3.63, 3.8) is 0 Å². The Labute approximate surface area is 113 Å². The van der Waals surface area contributed by atoms with Gasteiger partial charge in [0.25, 0.3) is 0 Å². The summed E-state index contributed by atoms with van der Waals surface area (Å²) in [6, 6.07) is -0.118. The van der Waals surface area contributed by atoms with Crippen LogP contribution in [0.4, 0.5) is 5.95 Å². The highest BCUT2D eigenvalue weighted by Crippen LogP contribution is 2.12. The molecular weight excluding hydrogens is 246 g/mol. The fraction of sp³-hybridized carbons (Fsp3) is 0.615. The third kappa shape index (κ3) is 4.17. The van der Waals surface area contributed by atoms with E-state index in [1.807, 2.05) is 13.8 Å². The van der Waals surface area contributed by atoms with Gasteiger partial charge in [0.15, 0.2) is 0 Å². The van der Waals surface area contributed by atoms with Gasteiger partial charge in [-0.1, -0.05) is 13.8 Å². The van der Waals surface area contributed by atoms with Crippen molar-refractivity contribution in [2.24, 2.45) is 5.92 Å². The average molecular weight is 267 g/mol. The van der Waals surface area contributed by atoms with E-state index in [2.05, 4.69) is 15.3 Å². The summed E-state index contributed by atoms with van der Waals surface area (Å²) < 4.78 is 4.91. The summed E-state index contributed by atoms with van der Waals surface area (Å²) in [4.78, 5) is 19.9. The maximum Gasteiger partial charge on any atom is 0.341 e. The molecule has 0 spiro atoms. The van der Waals surface area contributed by atoms with Gasteiger partial charge in [0.1, 0.15) is 0 Å². The third-order valence-electron chi connectivity index (χ3n) is 2.79. The number of anilines is 1. The summed E-state index contributed by atoms with van der Waals surface area (Å²) in [6.07, 6.45) is 1.44. The van der Waals surface area contributed by atoms with Crippen LogP contribution in [0.5, 0.6) is 0 Å². The highest BCUT2D eigenvalue weighted by Gasteiger charge is 2.16. The van der Waals surface area contributed by atoms with Gasteiger partial charge in [-0.25, -0.2) is 14.8 Å². The highest BCUT2D eigenvalue weighted by molar-refractivity contribution is 5.90. The number of ether oxygens (including phenoxy) is 1. The number of aliphatic hydroxyl groups excluding tert-OH is 1. The van der Waals surface area contributed by atoms with Gasteiger partial charge in [-0.15, -0.1) is 0 Å². The predicted octanol–water partition coefficient (Wildman–Crippen LogP) is 1.39. The SMILES string of the molecule is CCOC(=O)c1cnc(N[C@H](CO)C(C)C)nc1C. The minimum atomic E-state index is -0.422. The van der Waals surface area contributed by atoms with Crippen molar-refractivity contribution in [3.8, 4) is 0 Å². The fourth-order valence-corrected chi connectivity index (χ4v) is 1.53. The molecule has 0 fully saturated rings. The first kappa shape index (κ1) is 15.4. The zero-order valence-electron chi connectivity index (χ0n) is 11.8. The summed E-state index contributed by atoms with van der Waals surface area (Å²) in [7, 11) is 0. The first-order valence-electron chi connectivity index (χ1n) is 6.37. The number of rotatable bonds is 6. The van der Waals surface area contributed by atoms with E-state index in [1.165, 1.54) is 6.20 Å². The molecule has 106 valence electrons. The van der Waals surface area contributed by atoms with Gasteiger partial charge in [-0.05, 0) is 19.8 Å². The van der Waals surface area contributed by atoms with Crippen molar-refractivity contribution >= 4 is 11.9 Å². The Bertz CT molecular complexity index is 435. The molecule has 0 aliphatic carbocycles. The van der Waals surface area contributed by atoms with Gasteiger partial charge < -0.3 is 15.2 Å². The molecule has 0 aromatic carbocycles. The van der Waals surface area contributed by atoms with Crippen LogP contribution in [-0.4, -0.2) is 40.3 Å². The molecule has 0 saturated heterocycles. The molecular formula is C13H21N3O3. The molecule has 0 aliphatic rings. The first-order valence-corrected chi connectivity index (χ1v) is 6.37. The minimum absolute atomic E-state index is 0.000296. The van der Waals surface area contributed by atoms with E-state index in [0.717, 1.165) is 0 Å². The van der Waals surface area contributed by atoms with Crippen molar-refractivity contribution in [2.75, 3.05) is 18.5 Å². The predicted molar refractivity (Wildman–Crippen MR) is 72.1 cm³/mol. The Kier molecular flexibility index (Phi) is 5.69. The van der Waals surface area contributed by atoms with E-state index in [4.69, 9.17) is 4.74 Å². The van der Waals surface area contributed by atoms with E-state index in [9.17, 15) is 9.90 Å². The van der Waals surface area contributed by atoms with Gasteiger partial charge in [0, 0.05) is 6.20 Å². The number of esters is 1. The summed E-state index contributed by atoms with van der Waals surface area (Å²) in [5, 5.41) is 12.3. The van der Waals surface area contributed by atoms with Crippen molar-refractivity contribution in [2.45, 2.75) is 33.7 Å². The van der Waals surface area contributed by atoms with Crippen molar-refractivity contribution in [1.29, 1.82) is 0 Å². The van der Waals surface area contributed by atoms with Crippen LogP contribution in [0.25, 0.3) is 0 Å². The molecule has 1 aromatic heterocycles. The van der Waals surface area contributed by atoms with Gasteiger partial charge in [0.2, 0.25) is 5.95 Å². The van der Waals surface area contributed by atoms with Crippen LogP contribution in [0.3, 0.4) is 0 Å². The zero-order chi connectivity index (χ0) is 14.4. The maximum atomic E-state index is 11.6. The molecule has 19 heavy (non-hydrogen) atoms. The number of aromatic nitrogens is 2. The third-order valence-corrected chi connectivity index (χ3v) is 2.79. The first-order chi connectivity index (χ1) is 8.99. The molecule has 1 heterocycles. The molecule has 0 radical (unpaired) electrons. The van der Waals surface area contributed by atoms with Gasteiger partial charge >= 0.3 is 5.97 Å². The van der Waals surface area contributed by atoms with Crippen LogP contribution in [0.2, 0.25) is 0 Å². The summed E-state index contributed by atoms with van der Waals surface area (Å²) in [5.74, 6) is 0.228. The molecule has 6 nitrogen and oxygen atoms in total. The number of nitrogens with zero attached hydrogens (tertiary/aromatic N) is 2. The van der Waals surface area contributed by atoms with E-state index >= 15 is 0 Å². The quantitative estimate of drug-likeness (QED) is 0.758. The summed E-state index contributed by atoms with van der Waals surface area (Å²) in [5.41, 5.74) is 0.911. The Morgan fingerprint density at radius 1 is 1.53 bits per heavy atom. The monoisotopic (exact) mass is 267 g/mol. The van der Waals surface area contributed by atoms with Gasteiger partial charge in [-0.2, -0.15) is 0 Å². The summed E-state index contributed by atoms with van der Waals surface area (Å²) in [6.45, 7) is 7.78. The largest absolute Gasteiger partial charge is 0.462 e. The topological polar surface area (TPSA) is 84.3 Å². The lowest BCUT2D eigenvalue weighted by Gasteiger charge is -2.20. The van der Waals surface area contributed by atoms with E-state index < -0.39 is 5.97 Å². The lowest BCUT2D eigenvalue weighted by Crippen LogP contribution is -2.30. The molecule has 0 saturated carbocycles. The molecule has 1 rings (SSSR count). The Hall–Kier alpha value is -1.69. The van der Waals surface area contributed by atoms with Crippen LogP contribution >= 0.6 is 0 Å². The van der Waals surface area contributed by atoms with Crippen LogP contribution in [0.15, 0.2) is 6.20 Å². The van der Waals surface area contributed by atoms with Crippen LogP contribution in [0, 0.1) is 12.8 Å². The molecule has 0 amide bonds. The van der Waals surface area contributed by atoms with E-state index in [-0.39, 0.29) is 18.6 Å². The van der Waals surface area contributed by atoms with E-state index in [1.54, 1.807) is 13.8 Å². The molecule has 0 bridgehead atoms. The van der Waals surface area contributed by atoms with Gasteiger partial charge in [0.05, 0.1) is 30.5 Å². The number of aryl methyl sites for hydroxylation is 1. The van der Waals surface area contributed by atoms with Gasteiger partial charge in [-0.3, -0.25) is 0 Å². The summed E-state index contributed by atoms with van der Waals surface area (Å²) >= 11 is 0. The average Bonchev–Trinajstić information content (AvgIpc) is 2.35. The molecule has 0 unspecified atom stereocenters. The number of aliphatic hydroxyl groups is 1. The number of carbonyl (C=O) groups excluding carboxylic acids is 1. The molecule has 0 aliphatic heterocycles. The number of carbonyl (C=O) groups is 1. The van der Waals surface area contributed by atoms with Crippen LogP contribution < -0.4 is 5.32 Å². The Morgan fingerprint density at radius 2 is 2.21 bits per heavy atom. The second kappa shape index (κ2) is 7.04. The smallest absolute Gasteiger partial charge is 0.341 e. The maximum absolute atomic E-state index is 11.6. The lowest BCUT2D eigenvalue weighted by molar-refractivity contribution is 0.0524. The highest BCUT2D eigenvalue weighted by atomic mass is 16.5. The second-order valence-electron chi connectivity index (χ2n) is 4.59. The number of hydrogen-bond acceptors (Lipinski definition) is 6. The van der Waals surface area contributed by atoms with Crippen molar-refractivity contribution < 1.29 is 14.6 Å². The van der Waals surface area contributed by atoms with Crippen LogP contribution in [0.1, 0.15) is 36.8 Å². The second-order valence-corrected chi connectivity index (χ2v) is 4.59.